The van der Waals surface area contributed by atoms with Gasteiger partial charge in [-0.2, -0.15) is 0 Å². The molecule has 0 spiro atoms. The summed E-state index contributed by atoms with van der Waals surface area (Å²) < 4.78 is 24.3. The molecule has 0 radical (unpaired) electrons. The average Bonchev–Trinajstić information content (AvgIpc) is 3.32. The van der Waals surface area contributed by atoms with E-state index in [1.807, 2.05) is 68.4 Å². The van der Waals surface area contributed by atoms with Gasteiger partial charge in [0.25, 0.3) is 5.56 Å². The second kappa shape index (κ2) is 13.3. The molecule has 5 rings (SSSR count). The third kappa shape index (κ3) is 6.09. The van der Waals surface area contributed by atoms with Crippen molar-refractivity contribution in [3.05, 3.63) is 114 Å². The highest BCUT2D eigenvalue weighted by Gasteiger charge is 2.35. The number of hydrogen-bond donors (Lipinski definition) is 0. The molecular weight excluding hydrogens is 588 g/mol. The highest BCUT2D eigenvalue weighted by Crippen LogP contribution is 2.37. The lowest BCUT2D eigenvalue weighted by atomic mass is 9.93. The van der Waals surface area contributed by atoms with Crippen LogP contribution in [0, 0.1) is 0 Å². The second-order valence-corrected chi connectivity index (χ2v) is 10.8. The maximum absolute atomic E-state index is 14.1. The molecule has 2 heterocycles. The maximum Gasteiger partial charge on any atom is 0.338 e. The Balaban J connectivity index is 1.77. The van der Waals surface area contributed by atoms with Crippen molar-refractivity contribution in [3.8, 4) is 17.2 Å². The predicted octanol–water partition coefficient (Wildman–Crippen LogP) is 5.40. The molecule has 1 aliphatic heterocycles. The van der Waals surface area contributed by atoms with Crippen LogP contribution in [-0.2, 0) is 9.53 Å². The number of benzene rings is 3. The molecular formula is C33H31ClN2O6S. The second-order valence-electron chi connectivity index (χ2n) is 9.40. The minimum Gasteiger partial charge on any atom is -0.494 e. The zero-order chi connectivity index (χ0) is 30.5. The van der Waals surface area contributed by atoms with Gasteiger partial charge >= 0.3 is 5.97 Å². The fourth-order valence-electron chi connectivity index (χ4n) is 4.93. The number of hydrogen-bond acceptors (Lipinski definition) is 8. The standard InChI is InChI=1S/C33H31ClN2O6S/c1-5-40-23-15-13-22(14-16-23)29-27(32(38)42-7-3)28(21-11-9-8-10-12-21)35-33-36(29)31(37)26(43-33)19-20-17-24(34)30(41-6-2)25(18-20)39-4/h8-19,29H,5-7H2,1-4H3/b26-19-/t29-/m0/s1. The van der Waals surface area contributed by atoms with E-state index in [1.54, 1.807) is 29.7 Å². The van der Waals surface area contributed by atoms with E-state index in [9.17, 15) is 9.59 Å². The smallest absolute Gasteiger partial charge is 0.338 e. The van der Waals surface area contributed by atoms with E-state index >= 15 is 0 Å². The number of ether oxygens (including phenoxy) is 4. The van der Waals surface area contributed by atoms with Gasteiger partial charge in [0.05, 0.1) is 53.8 Å². The monoisotopic (exact) mass is 618 g/mol. The predicted molar refractivity (Wildman–Crippen MR) is 168 cm³/mol. The summed E-state index contributed by atoms with van der Waals surface area (Å²) in [6.07, 6.45) is 1.74. The maximum atomic E-state index is 14.1. The quantitative estimate of drug-likeness (QED) is 0.221. The molecule has 0 N–H and O–H groups in total. The Morgan fingerprint density at radius 2 is 1.72 bits per heavy atom. The van der Waals surface area contributed by atoms with Gasteiger partial charge in [0, 0.05) is 5.56 Å². The van der Waals surface area contributed by atoms with Gasteiger partial charge in [-0.25, -0.2) is 9.79 Å². The van der Waals surface area contributed by atoms with Crippen molar-refractivity contribution in [1.82, 2.24) is 4.57 Å². The molecule has 1 atom stereocenters. The van der Waals surface area contributed by atoms with Gasteiger partial charge in [0.1, 0.15) is 5.75 Å². The Bertz CT molecular complexity index is 1850. The lowest BCUT2D eigenvalue weighted by Crippen LogP contribution is -2.40. The summed E-state index contributed by atoms with van der Waals surface area (Å²) in [5, 5.41) is 0.364. The number of carbonyl (C=O) groups is 1. The number of fused-ring (bicyclic) bond motifs is 1. The number of rotatable bonds is 10. The van der Waals surface area contributed by atoms with Crippen LogP contribution in [0.5, 0.6) is 17.2 Å². The van der Waals surface area contributed by atoms with E-state index in [4.69, 9.17) is 35.5 Å². The molecule has 0 amide bonds. The average molecular weight is 619 g/mol. The first kappa shape index (κ1) is 30.1. The number of aromatic nitrogens is 1. The van der Waals surface area contributed by atoms with Crippen molar-refractivity contribution in [2.45, 2.75) is 26.8 Å². The van der Waals surface area contributed by atoms with E-state index in [0.717, 1.165) is 5.56 Å². The number of thiazole rings is 1. The van der Waals surface area contributed by atoms with E-state index in [0.29, 0.717) is 61.6 Å². The minimum absolute atomic E-state index is 0.172. The minimum atomic E-state index is -0.790. The Labute approximate surface area is 258 Å². The Morgan fingerprint density at radius 3 is 2.37 bits per heavy atom. The van der Waals surface area contributed by atoms with Gasteiger partial charge in [-0.15, -0.1) is 0 Å². The molecule has 1 aliphatic rings. The third-order valence-corrected chi connectivity index (χ3v) is 7.98. The van der Waals surface area contributed by atoms with Gasteiger partial charge in [-0.1, -0.05) is 65.4 Å². The van der Waals surface area contributed by atoms with Crippen molar-refractivity contribution in [3.63, 3.8) is 0 Å². The van der Waals surface area contributed by atoms with Crippen LogP contribution in [0.25, 0.3) is 11.8 Å². The topological polar surface area (TPSA) is 88.4 Å². The Kier molecular flexibility index (Phi) is 9.33. The zero-order valence-corrected chi connectivity index (χ0v) is 25.8. The fourth-order valence-corrected chi connectivity index (χ4v) is 6.20. The highest BCUT2D eigenvalue weighted by atomic mass is 35.5. The summed E-state index contributed by atoms with van der Waals surface area (Å²) in [5.41, 5.74) is 2.54. The van der Waals surface area contributed by atoms with Gasteiger partial charge < -0.3 is 18.9 Å². The summed E-state index contributed by atoms with van der Waals surface area (Å²) in [6.45, 7) is 6.63. The van der Waals surface area contributed by atoms with Gasteiger partial charge in [0.15, 0.2) is 16.3 Å². The van der Waals surface area contributed by atoms with Crippen LogP contribution in [0.4, 0.5) is 0 Å². The van der Waals surface area contributed by atoms with Crippen molar-refractivity contribution in [2.75, 3.05) is 26.9 Å². The molecule has 3 aromatic carbocycles. The third-order valence-electron chi connectivity index (χ3n) is 6.72. The Hall–Kier alpha value is -4.34. The van der Waals surface area contributed by atoms with Gasteiger partial charge in [-0.05, 0) is 62.2 Å². The van der Waals surface area contributed by atoms with Crippen molar-refractivity contribution >= 4 is 40.7 Å². The number of nitrogens with zero attached hydrogens (tertiary/aromatic N) is 2. The number of esters is 1. The first-order chi connectivity index (χ1) is 20.9. The van der Waals surface area contributed by atoms with Crippen LogP contribution in [-0.4, -0.2) is 37.5 Å². The Morgan fingerprint density at radius 1 is 1.00 bits per heavy atom. The molecule has 4 aromatic rings. The molecule has 0 unspecified atom stereocenters. The largest absolute Gasteiger partial charge is 0.494 e. The molecule has 222 valence electrons. The van der Waals surface area contributed by atoms with Crippen LogP contribution < -0.4 is 29.1 Å². The van der Waals surface area contributed by atoms with Crippen molar-refractivity contribution < 1.29 is 23.7 Å². The molecule has 8 nitrogen and oxygen atoms in total. The highest BCUT2D eigenvalue weighted by molar-refractivity contribution is 7.07. The van der Waals surface area contributed by atoms with Crippen LogP contribution in [0.2, 0.25) is 5.02 Å². The molecule has 0 saturated carbocycles. The summed E-state index contributed by atoms with van der Waals surface area (Å²) in [5.74, 6) is 1.04. The first-order valence-electron chi connectivity index (χ1n) is 13.9. The zero-order valence-electron chi connectivity index (χ0n) is 24.3. The van der Waals surface area contributed by atoms with Crippen LogP contribution >= 0.6 is 22.9 Å². The molecule has 43 heavy (non-hydrogen) atoms. The van der Waals surface area contributed by atoms with E-state index in [1.165, 1.54) is 18.4 Å². The molecule has 10 heteroatoms. The molecule has 0 bridgehead atoms. The van der Waals surface area contributed by atoms with Gasteiger partial charge in [0.2, 0.25) is 0 Å². The lowest BCUT2D eigenvalue weighted by Gasteiger charge is -2.26. The van der Waals surface area contributed by atoms with E-state index < -0.39 is 12.0 Å². The van der Waals surface area contributed by atoms with E-state index in [-0.39, 0.29) is 17.7 Å². The van der Waals surface area contributed by atoms with Crippen molar-refractivity contribution in [2.24, 2.45) is 4.99 Å². The summed E-state index contributed by atoms with van der Waals surface area (Å²) in [7, 11) is 1.53. The number of methoxy groups -OCH3 is 1. The summed E-state index contributed by atoms with van der Waals surface area (Å²) in [6, 6.07) is 19.5. The lowest BCUT2D eigenvalue weighted by molar-refractivity contribution is -0.138. The van der Waals surface area contributed by atoms with Crippen molar-refractivity contribution in [1.29, 1.82) is 0 Å². The SMILES string of the molecule is CCOC(=O)C1=C(c2ccccc2)N=c2s/c(=C\c3cc(Cl)c(OCC)c(OC)c3)c(=O)n2[C@H]1c1ccc(OCC)cc1. The first-order valence-corrected chi connectivity index (χ1v) is 15.1. The normalized spacial score (nSPS) is 14.6. The summed E-state index contributed by atoms with van der Waals surface area (Å²) in [4.78, 5) is 33.1. The molecule has 0 saturated heterocycles. The molecule has 1 aromatic heterocycles. The van der Waals surface area contributed by atoms with Crippen LogP contribution in [0.1, 0.15) is 43.5 Å². The van der Waals surface area contributed by atoms with Crippen LogP contribution in [0.3, 0.4) is 0 Å². The van der Waals surface area contributed by atoms with Crippen LogP contribution in [0.15, 0.2) is 82.1 Å². The number of halogens is 1. The summed E-state index contributed by atoms with van der Waals surface area (Å²) >= 11 is 7.74. The van der Waals surface area contributed by atoms with Gasteiger partial charge in [-0.3, -0.25) is 9.36 Å². The van der Waals surface area contributed by atoms with E-state index in [2.05, 4.69) is 0 Å². The molecule has 0 aliphatic carbocycles. The molecule has 0 fully saturated rings. The number of carbonyl (C=O) groups excluding carboxylic acids is 1. The fraction of sp³-hybridized carbons (Fsp3) is 0.242.